The van der Waals surface area contributed by atoms with Gasteiger partial charge in [-0.25, -0.2) is 4.98 Å². The molecule has 2 fully saturated rings. The summed E-state index contributed by atoms with van der Waals surface area (Å²) in [7, 11) is -0.385. The van der Waals surface area contributed by atoms with Gasteiger partial charge in [-0.1, -0.05) is 12.1 Å². The Morgan fingerprint density at radius 1 is 1.15 bits per heavy atom. The van der Waals surface area contributed by atoms with Crippen LogP contribution in [-0.2, 0) is 14.1 Å². The molecule has 5 nitrogen and oxygen atoms in total. The molecule has 0 bridgehead atoms. The highest BCUT2D eigenvalue weighted by atomic mass is 32.1. The molecule has 0 spiro atoms. The lowest BCUT2D eigenvalue weighted by Crippen LogP contribution is -2.41. The highest BCUT2D eigenvalue weighted by molar-refractivity contribution is 7.11. The Balaban J connectivity index is 1.49. The van der Waals surface area contributed by atoms with Gasteiger partial charge in [0.1, 0.15) is 5.01 Å². The third-order valence-electron chi connectivity index (χ3n) is 5.87. The Morgan fingerprint density at radius 2 is 1.78 bits per heavy atom. The second-order valence-corrected chi connectivity index (χ2v) is 9.59. The van der Waals surface area contributed by atoms with E-state index in [1.165, 1.54) is 0 Å². The monoisotopic (exact) mass is 384 g/mol. The maximum atomic E-state index is 12.9. The van der Waals surface area contributed by atoms with Crippen LogP contribution >= 0.6 is 11.3 Å². The molecule has 0 N–H and O–H groups in total. The number of hydrogen-bond donors (Lipinski definition) is 0. The van der Waals surface area contributed by atoms with E-state index in [0.717, 1.165) is 34.0 Å². The maximum absolute atomic E-state index is 12.9. The minimum Gasteiger partial charge on any atom is -0.399 e. The molecule has 7 heteroatoms. The summed E-state index contributed by atoms with van der Waals surface area (Å²) in [6.45, 7) is 10.9. The third-order valence-corrected chi connectivity index (χ3v) is 6.90. The summed E-state index contributed by atoms with van der Waals surface area (Å²) in [5.74, 6) is 0.0132. The molecule has 27 heavy (non-hydrogen) atoms. The Bertz CT molecular complexity index is 846. The molecule has 0 saturated carbocycles. The van der Waals surface area contributed by atoms with Gasteiger partial charge in [0, 0.05) is 23.3 Å². The van der Waals surface area contributed by atoms with Crippen LogP contribution in [0.25, 0.3) is 0 Å². The summed E-state index contributed by atoms with van der Waals surface area (Å²) in [6, 6.07) is 7.94. The van der Waals surface area contributed by atoms with Crippen molar-refractivity contribution in [2.75, 3.05) is 11.4 Å². The van der Waals surface area contributed by atoms with Gasteiger partial charge in [0.15, 0.2) is 0 Å². The fraction of sp³-hybridized carbons (Fsp3) is 0.500. The van der Waals surface area contributed by atoms with Crippen molar-refractivity contribution >= 4 is 35.5 Å². The van der Waals surface area contributed by atoms with Crippen LogP contribution in [0.2, 0.25) is 0 Å². The molecule has 0 radical (unpaired) electrons. The second kappa shape index (κ2) is 6.43. The van der Waals surface area contributed by atoms with E-state index in [1.807, 2.05) is 70.0 Å². The molecule has 3 heterocycles. The molecular formula is C20H25BN2O3S. The number of amides is 1. The van der Waals surface area contributed by atoms with Gasteiger partial charge < -0.3 is 14.2 Å². The van der Waals surface area contributed by atoms with Crippen LogP contribution in [0.15, 0.2) is 30.5 Å². The van der Waals surface area contributed by atoms with Crippen molar-refractivity contribution in [1.29, 1.82) is 0 Å². The van der Waals surface area contributed by atoms with Crippen molar-refractivity contribution in [3.8, 4) is 0 Å². The normalized spacial score (nSPS) is 24.0. The first-order valence-electron chi connectivity index (χ1n) is 9.37. The average Bonchev–Trinajstić information content (AvgIpc) is 3.24. The van der Waals surface area contributed by atoms with Crippen molar-refractivity contribution in [3.05, 3.63) is 40.3 Å². The lowest BCUT2D eigenvalue weighted by Gasteiger charge is -2.32. The summed E-state index contributed by atoms with van der Waals surface area (Å²) in [5, 5.41) is 0.925. The molecule has 2 aliphatic rings. The van der Waals surface area contributed by atoms with Gasteiger partial charge in [-0.15, -0.1) is 11.3 Å². The molecule has 2 aliphatic heterocycles. The van der Waals surface area contributed by atoms with Crippen LogP contribution in [0.5, 0.6) is 0 Å². The van der Waals surface area contributed by atoms with Crippen LogP contribution < -0.4 is 10.4 Å². The Labute approximate surface area is 164 Å². The van der Waals surface area contributed by atoms with Crippen LogP contribution in [0.1, 0.15) is 49.9 Å². The molecule has 0 aliphatic carbocycles. The van der Waals surface area contributed by atoms with E-state index in [1.54, 1.807) is 11.3 Å². The van der Waals surface area contributed by atoms with Crippen LogP contribution in [0.3, 0.4) is 0 Å². The van der Waals surface area contributed by atoms with Gasteiger partial charge >= 0.3 is 7.12 Å². The molecule has 1 amide bonds. The van der Waals surface area contributed by atoms with Crippen LogP contribution in [0.4, 0.5) is 5.69 Å². The average molecular weight is 384 g/mol. The zero-order valence-corrected chi connectivity index (χ0v) is 17.3. The number of benzene rings is 1. The first kappa shape index (κ1) is 18.7. The smallest absolute Gasteiger partial charge is 0.399 e. The number of aryl methyl sites for hydroxylation is 1. The quantitative estimate of drug-likeness (QED) is 0.763. The predicted molar refractivity (Wildman–Crippen MR) is 109 cm³/mol. The van der Waals surface area contributed by atoms with Crippen LogP contribution in [0, 0.1) is 6.92 Å². The fourth-order valence-electron chi connectivity index (χ4n) is 3.49. The van der Waals surface area contributed by atoms with E-state index in [0.29, 0.717) is 0 Å². The first-order chi connectivity index (χ1) is 12.7. The van der Waals surface area contributed by atoms with Gasteiger partial charge in [0.2, 0.25) is 5.91 Å². The SMILES string of the molecule is Cc1cnc(C2CCN(c3ccc(B4OC(C)(C)C(C)(C)O4)cc3)C2=O)s1. The number of anilines is 1. The summed E-state index contributed by atoms with van der Waals surface area (Å²) < 4.78 is 12.2. The standard InChI is InChI=1S/C20H25BN2O3S/c1-13-12-22-17(27-13)16-10-11-23(18(16)24)15-8-6-14(7-9-15)21-25-19(2,3)20(4,5)26-21/h6-9,12,16H,10-11H2,1-5H3. The minimum atomic E-state index is -0.385. The minimum absolute atomic E-state index is 0.119. The van der Waals surface area contributed by atoms with Gasteiger partial charge in [-0.3, -0.25) is 4.79 Å². The number of carbonyl (C=O) groups is 1. The number of rotatable bonds is 3. The number of carbonyl (C=O) groups excluding carboxylic acids is 1. The number of aromatic nitrogens is 1. The fourth-order valence-corrected chi connectivity index (χ4v) is 4.39. The summed E-state index contributed by atoms with van der Waals surface area (Å²) >= 11 is 1.61. The molecule has 2 aromatic rings. The van der Waals surface area contributed by atoms with Crippen molar-refractivity contribution in [1.82, 2.24) is 4.98 Å². The lowest BCUT2D eigenvalue weighted by molar-refractivity contribution is -0.118. The van der Waals surface area contributed by atoms with E-state index >= 15 is 0 Å². The third kappa shape index (κ3) is 3.22. The molecule has 4 rings (SSSR count). The molecular weight excluding hydrogens is 359 g/mol. The lowest BCUT2D eigenvalue weighted by atomic mass is 9.79. The van der Waals surface area contributed by atoms with Gasteiger partial charge in [0.05, 0.1) is 17.1 Å². The van der Waals surface area contributed by atoms with Crippen LogP contribution in [-0.4, -0.2) is 35.8 Å². The predicted octanol–water partition coefficient (Wildman–Crippen LogP) is 3.27. The van der Waals surface area contributed by atoms with E-state index in [4.69, 9.17) is 9.31 Å². The van der Waals surface area contributed by atoms with E-state index < -0.39 is 0 Å². The Morgan fingerprint density at radius 3 is 2.33 bits per heavy atom. The van der Waals surface area contributed by atoms with Gasteiger partial charge in [-0.2, -0.15) is 0 Å². The molecule has 1 unspecified atom stereocenters. The van der Waals surface area contributed by atoms with Gasteiger partial charge in [-0.05, 0) is 58.6 Å². The van der Waals surface area contributed by atoms with Gasteiger partial charge in [0.25, 0.3) is 0 Å². The van der Waals surface area contributed by atoms with E-state index in [9.17, 15) is 4.79 Å². The Kier molecular flexibility index (Phi) is 4.44. The number of thiazole rings is 1. The topological polar surface area (TPSA) is 51.7 Å². The summed E-state index contributed by atoms with van der Waals surface area (Å²) in [5.41, 5.74) is 1.16. The molecule has 1 aromatic carbocycles. The largest absolute Gasteiger partial charge is 0.494 e. The highest BCUT2D eigenvalue weighted by Gasteiger charge is 2.51. The first-order valence-corrected chi connectivity index (χ1v) is 10.2. The van der Waals surface area contributed by atoms with Crippen molar-refractivity contribution in [2.24, 2.45) is 0 Å². The Hall–Kier alpha value is -1.70. The molecule has 2 saturated heterocycles. The van der Waals surface area contributed by atoms with E-state index in [-0.39, 0.29) is 30.1 Å². The molecule has 1 aromatic heterocycles. The van der Waals surface area contributed by atoms with E-state index in [2.05, 4.69) is 4.98 Å². The van der Waals surface area contributed by atoms with Crippen molar-refractivity contribution in [2.45, 2.75) is 58.2 Å². The zero-order valence-electron chi connectivity index (χ0n) is 16.5. The maximum Gasteiger partial charge on any atom is 0.494 e. The highest BCUT2D eigenvalue weighted by Crippen LogP contribution is 2.37. The molecule has 142 valence electrons. The second-order valence-electron chi connectivity index (χ2n) is 8.32. The van der Waals surface area contributed by atoms with Crippen molar-refractivity contribution in [3.63, 3.8) is 0 Å². The summed E-state index contributed by atoms with van der Waals surface area (Å²) in [6.07, 6.45) is 2.65. The number of hydrogen-bond acceptors (Lipinski definition) is 5. The summed E-state index contributed by atoms with van der Waals surface area (Å²) in [4.78, 5) is 20.3. The molecule has 1 atom stereocenters. The zero-order chi connectivity index (χ0) is 19.4. The van der Waals surface area contributed by atoms with Crippen molar-refractivity contribution < 1.29 is 14.1 Å². The number of nitrogens with zero attached hydrogens (tertiary/aromatic N) is 2.